The van der Waals surface area contributed by atoms with E-state index in [1.165, 1.54) is 19.3 Å². The SMILES string of the molecule is CCOC(C)OCCCCCCCCl. The second kappa shape index (κ2) is 11.3. The normalized spacial score (nSPS) is 13.1. The monoisotopic (exact) mass is 222 g/mol. The second-order valence-corrected chi connectivity index (χ2v) is 3.73. The van der Waals surface area contributed by atoms with Crippen LogP contribution in [0.25, 0.3) is 0 Å². The van der Waals surface area contributed by atoms with Crippen LogP contribution in [0, 0.1) is 0 Å². The molecule has 0 rings (SSSR count). The Morgan fingerprint density at radius 3 is 2.29 bits per heavy atom. The highest BCUT2D eigenvalue weighted by molar-refractivity contribution is 6.17. The molecule has 0 aromatic heterocycles. The molecule has 0 fully saturated rings. The summed E-state index contributed by atoms with van der Waals surface area (Å²) in [5.74, 6) is 0.790. The molecule has 1 unspecified atom stereocenters. The van der Waals surface area contributed by atoms with Gasteiger partial charge in [-0.1, -0.05) is 19.3 Å². The number of hydrogen-bond donors (Lipinski definition) is 0. The Labute approximate surface area is 92.9 Å². The van der Waals surface area contributed by atoms with Crippen molar-refractivity contribution in [1.82, 2.24) is 0 Å². The highest BCUT2D eigenvalue weighted by Gasteiger charge is 1.98. The fourth-order valence-corrected chi connectivity index (χ4v) is 1.45. The van der Waals surface area contributed by atoms with Crippen molar-refractivity contribution in [3.05, 3.63) is 0 Å². The van der Waals surface area contributed by atoms with Gasteiger partial charge in [-0.3, -0.25) is 0 Å². The smallest absolute Gasteiger partial charge is 0.154 e. The summed E-state index contributed by atoms with van der Waals surface area (Å²) < 4.78 is 10.7. The van der Waals surface area contributed by atoms with Crippen LogP contribution < -0.4 is 0 Å². The van der Waals surface area contributed by atoms with Gasteiger partial charge >= 0.3 is 0 Å². The van der Waals surface area contributed by atoms with Crippen molar-refractivity contribution in [3.8, 4) is 0 Å². The number of halogens is 1. The molecule has 0 aliphatic rings. The van der Waals surface area contributed by atoms with Crippen LogP contribution in [0.4, 0.5) is 0 Å². The van der Waals surface area contributed by atoms with Crippen LogP contribution in [0.5, 0.6) is 0 Å². The first-order valence-electron chi connectivity index (χ1n) is 5.60. The first-order chi connectivity index (χ1) is 6.81. The van der Waals surface area contributed by atoms with Gasteiger partial charge in [-0.25, -0.2) is 0 Å². The van der Waals surface area contributed by atoms with Crippen LogP contribution in [0.2, 0.25) is 0 Å². The molecule has 0 aliphatic heterocycles. The molecule has 14 heavy (non-hydrogen) atoms. The van der Waals surface area contributed by atoms with Gasteiger partial charge in [0.05, 0.1) is 0 Å². The largest absolute Gasteiger partial charge is 0.353 e. The highest BCUT2D eigenvalue weighted by atomic mass is 35.5. The van der Waals surface area contributed by atoms with E-state index in [1.807, 2.05) is 13.8 Å². The molecule has 0 N–H and O–H groups in total. The van der Waals surface area contributed by atoms with E-state index in [1.54, 1.807) is 0 Å². The fourth-order valence-electron chi connectivity index (χ4n) is 1.26. The molecule has 0 saturated heterocycles. The van der Waals surface area contributed by atoms with Crippen LogP contribution in [0.3, 0.4) is 0 Å². The van der Waals surface area contributed by atoms with Crippen molar-refractivity contribution in [2.24, 2.45) is 0 Å². The average molecular weight is 223 g/mol. The third-order valence-electron chi connectivity index (χ3n) is 2.03. The summed E-state index contributed by atoms with van der Waals surface area (Å²) in [5.41, 5.74) is 0. The maximum atomic E-state index is 5.58. The Balaban J connectivity index is 2.98. The lowest BCUT2D eigenvalue weighted by Crippen LogP contribution is -2.13. The predicted molar refractivity (Wildman–Crippen MR) is 60.8 cm³/mol. The molecule has 0 aliphatic carbocycles. The Morgan fingerprint density at radius 2 is 1.64 bits per heavy atom. The van der Waals surface area contributed by atoms with Gasteiger partial charge in [0.1, 0.15) is 0 Å². The molecule has 3 heteroatoms. The second-order valence-electron chi connectivity index (χ2n) is 3.35. The zero-order chi connectivity index (χ0) is 10.6. The quantitative estimate of drug-likeness (QED) is 0.320. The molecule has 0 bridgehead atoms. The summed E-state index contributed by atoms with van der Waals surface area (Å²) >= 11 is 5.58. The Kier molecular flexibility index (Phi) is 11.5. The summed E-state index contributed by atoms with van der Waals surface area (Å²) in [6.45, 7) is 5.45. The Morgan fingerprint density at radius 1 is 1.00 bits per heavy atom. The minimum atomic E-state index is -0.0529. The molecule has 2 nitrogen and oxygen atoms in total. The van der Waals surface area contributed by atoms with E-state index >= 15 is 0 Å². The summed E-state index contributed by atoms with van der Waals surface area (Å²) in [6, 6.07) is 0. The molecule has 0 saturated carbocycles. The van der Waals surface area contributed by atoms with Crippen molar-refractivity contribution in [2.75, 3.05) is 19.1 Å². The van der Waals surface area contributed by atoms with Crippen LogP contribution in [0.1, 0.15) is 46.0 Å². The van der Waals surface area contributed by atoms with Crippen LogP contribution in [0.15, 0.2) is 0 Å². The molecule has 0 spiro atoms. The molecule has 1 atom stereocenters. The van der Waals surface area contributed by atoms with Gasteiger partial charge in [0, 0.05) is 19.1 Å². The van der Waals surface area contributed by atoms with E-state index in [0.29, 0.717) is 0 Å². The van der Waals surface area contributed by atoms with E-state index in [4.69, 9.17) is 21.1 Å². The third-order valence-corrected chi connectivity index (χ3v) is 2.30. The molecule has 86 valence electrons. The lowest BCUT2D eigenvalue weighted by molar-refractivity contribution is -0.127. The van der Waals surface area contributed by atoms with Crippen molar-refractivity contribution in [3.63, 3.8) is 0 Å². The molecular weight excluding hydrogens is 200 g/mol. The number of rotatable bonds is 10. The van der Waals surface area contributed by atoms with Crippen LogP contribution in [-0.4, -0.2) is 25.4 Å². The summed E-state index contributed by atoms with van der Waals surface area (Å²) in [5, 5.41) is 0. The molecular formula is C11H23ClO2. The van der Waals surface area contributed by atoms with Crippen molar-refractivity contribution in [1.29, 1.82) is 0 Å². The molecule has 0 heterocycles. The Bertz CT molecular complexity index is 109. The van der Waals surface area contributed by atoms with Crippen molar-refractivity contribution < 1.29 is 9.47 Å². The lowest BCUT2D eigenvalue weighted by atomic mass is 10.2. The van der Waals surface area contributed by atoms with E-state index in [0.717, 1.165) is 31.9 Å². The third kappa shape index (κ3) is 10.3. The van der Waals surface area contributed by atoms with Crippen LogP contribution >= 0.6 is 11.6 Å². The van der Waals surface area contributed by atoms with Gasteiger partial charge in [0.2, 0.25) is 0 Å². The zero-order valence-electron chi connectivity index (χ0n) is 9.43. The average Bonchev–Trinajstić information content (AvgIpc) is 2.17. The molecule has 0 aromatic rings. The van der Waals surface area contributed by atoms with Gasteiger partial charge in [0.15, 0.2) is 6.29 Å². The molecule has 0 amide bonds. The number of hydrogen-bond acceptors (Lipinski definition) is 2. The highest BCUT2D eigenvalue weighted by Crippen LogP contribution is 2.05. The number of unbranched alkanes of at least 4 members (excludes halogenated alkanes) is 4. The van der Waals surface area contributed by atoms with Gasteiger partial charge < -0.3 is 9.47 Å². The molecule has 0 aromatic carbocycles. The van der Waals surface area contributed by atoms with E-state index in [-0.39, 0.29) is 6.29 Å². The summed E-state index contributed by atoms with van der Waals surface area (Å²) in [7, 11) is 0. The number of alkyl halides is 1. The Hall–Kier alpha value is 0.210. The minimum Gasteiger partial charge on any atom is -0.353 e. The zero-order valence-corrected chi connectivity index (χ0v) is 10.2. The molecule has 0 radical (unpaired) electrons. The van der Waals surface area contributed by atoms with Gasteiger partial charge in [0.25, 0.3) is 0 Å². The van der Waals surface area contributed by atoms with Crippen molar-refractivity contribution >= 4 is 11.6 Å². The summed E-state index contributed by atoms with van der Waals surface area (Å²) in [6.07, 6.45) is 5.94. The predicted octanol–water partition coefficient (Wildman–Crippen LogP) is 3.57. The van der Waals surface area contributed by atoms with E-state index < -0.39 is 0 Å². The lowest BCUT2D eigenvalue weighted by Gasteiger charge is -2.12. The fraction of sp³-hybridized carbons (Fsp3) is 1.00. The topological polar surface area (TPSA) is 18.5 Å². The van der Waals surface area contributed by atoms with E-state index in [2.05, 4.69) is 0 Å². The van der Waals surface area contributed by atoms with Crippen LogP contribution in [-0.2, 0) is 9.47 Å². The standard InChI is InChI=1S/C11H23ClO2/c1-3-13-11(2)14-10-8-6-4-5-7-9-12/h11H,3-10H2,1-2H3. The van der Waals surface area contributed by atoms with E-state index in [9.17, 15) is 0 Å². The van der Waals surface area contributed by atoms with Gasteiger partial charge in [-0.2, -0.15) is 0 Å². The number of ether oxygens (including phenoxy) is 2. The first-order valence-corrected chi connectivity index (χ1v) is 6.13. The first kappa shape index (κ1) is 14.2. The minimum absolute atomic E-state index is 0.0529. The van der Waals surface area contributed by atoms with Gasteiger partial charge in [-0.05, 0) is 26.7 Å². The summed E-state index contributed by atoms with van der Waals surface area (Å²) in [4.78, 5) is 0. The van der Waals surface area contributed by atoms with Crippen molar-refractivity contribution in [2.45, 2.75) is 52.2 Å². The maximum Gasteiger partial charge on any atom is 0.154 e. The maximum absolute atomic E-state index is 5.58. The van der Waals surface area contributed by atoms with Gasteiger partial charge in [-0.15, -0.1) is 11.6 Å².